The third-order valence-corrected chi connectivity index (χ3v) is 1.65. The van der Waals surface area contributed by atoms with Crippen LogP contribution < -0.4 is 5.73 Å². The predicted octanol–water partition coefficient (Wildman–Crippen LogP) is 1.16. The lowest BCUT2D eigenvalue weighted by atomic mass is 10.1. The minimum absolute atomic E-state index is 0.0220. The number of aryl methyl sites for hydroxylation is 1. The number of carbonyl (C=O) groups is 1. The first kappa shape index (κ1) is 8.59. The molecular formula is C9H10NO2. The Morgan fingerprint density at radius 3 is 2.58 bits per heavy atom. The van der Waals surface area contributed by atoms with Crippen molar-refractivity contribution in [2.45, 2.75) is 12.8 Å². The molecule has 1 aromatic carbocycles. The molecule has 0 aliphatic carbocycles. The molecule has 0 aliphatic heterocycles. The maximum absolute atomic E-state index is 10.1. The van der Waals surface area contributed by atoms with E-state index in [9.17, 15) is 9.90 Å². The lowest BCUT2D eigenvalue weighted by Crippen LogP contribution is -1.98. The fourth-order valence-electron chi connectivity index (χ4n) is 0.999. The summed E-state index contributed by atoms with van der Waals surface area (Å²) in [6, 6.07) is 7.22. The molecule has 0 amide bonds. The van der Waals surface area contributed by atoms with Crippen molar-refractivity contribution in [2.24, 2.45) is 0 Å². The molecule has 0 heterocycles. The molecule has 12 heavy (non-hydrogen) atoms. The smallest absolute Gasteiger partial charge is 0.355 e. The van der Waals surface area contributed by atoms with Crippen LogP contribution in [0.4, 0.5) is 5.69 Å². The monoisotopic (exact) mass is 164 g/mol. The van der Waals surface area contributed by atoms with Gasteiger partial charge in [-0.15, -0.1) is 0 Å². The Morgan fingerprint density at radius 1 is 1.33 bits per heavy atom. The average Bonchev–Trinajstić information content (AvgIpc) is 2.03. The van der Waals surface area contributed by atoms with Crippen LogP contribution in [-0.4, -0.2) is 5.97 Å². The van der Waals surface area contributed by atoms with Gasteiger partial charge in [0.2, 0.25) is 0 Å². The second-order valence-electron chi connectivity index (χ2n) is 2.57. The van der Waals surface area contributed by atoms with Gasteiger partial charge in [-0.25, -0.2) is 9.90 Å². The summed E-state index contributed by atoms with van der Waals surface area (Å²) in [5.41, 5.74) is 7.09. The summed E-state index contributed by atoms with van der Waals surface area (Å²) < 4.78 is 0. The summed E-state index contributed by atoms with van der Waals surface area (Å²) in [6.45, 7) is 0. The van der Waals surface area contributed by atoms with E-state index in [1.807, 2.05) is 18.2 Å². The van der Waals surface area contributed by atoms with Crippen molar-refractivity contribution in [3.63, 3.8) is 0 Å². The quantitative estimate of drug-likeness (QED) is 0.681. The zero-order valence-corrected chi connectivity index (χ0v) is 6.62. The first-order valence-electron chi connectivity index (χ1n) is 3.73. The molecule has 3 nitrogen and oxygen atoms in total. The van der Waals surface area contributed by atoms with Crippen LogP contribution in [0.15, 0.2) is 24.3 Å². The van der Waals surface area contributed by atoms with Gasteiger partial charge in [-0.05, 0) is 18.1 Å². The highest BCUT2D eigenvalue weighted by Gasteiger charge is 2.02. The standard InChI is InChI=1S/C9H10NO2/c10-8-4-2-1-3-7(8)5-6-9(11)12/h1-4H,5-6,10H2. The molecule has 2 N–H and O–H groups in total. The SMILES string of the molecule is Nc1ccccc1CCC([O])=O. The summed E-state index contributed by atoms with van der Waals surface area (Å²) in [4.78, 5) is 10.1. The van der Waals surface area contributed by atoms with E-state index in [-0.39, 0.29) is 6.42 Å². The van der Waals surface area contributed by atoms with Crippen LogP contribution in [0.2, 0.25) is 0 Å². The Kier molecular flexibility index (Phi) is 2.69. The van der Waals surface area contributed by atoms with E-state index in [0.717, 1.165) is 5.56 Å². The van der Waals surface area contributed by atoms with Crippen LogP contribution in [0.1, 0.15) is 12.0 Å². The first-order valence-corrected chi connectivity index (χ1v) is 3.73. The van der Waals surface area contributed by atoms with Crippen molar-refractivity contribution in [1.82, 2.24) is 0 Å². The molecule has 3 heteroatoms. The molecule has 0 saturated carbocycles. The van der Waals surface area contributed by atoms with E-state index in [1.165, 1.54) is 0 Å². The van der Waals surface area contributed by atoms with Gasteiger partial charge >= 0.3 is 5.97 Å². The highest BCUT2D eigenvalue weighted by atomic mass is 16.4. The minimum Gasteiger partial charge on any atom is -0.399 e. The second-order valence-corrected chi connectivity index (χ2v) is 2.57. The highest BCUT2D eigenvalue weighted by Crippen LogP contribution is 2.12. The zero-order valence-electron chi connectivity index (χ0n) is 6.62. The fraction of sp³-hybridized carbons (Fsp3) is 0.222. The lowest BCUT2D eigenvalue weighted by molar-refractivity contribution is -0.143. The Bertz CT molecular complexity index is 284. The Balaban J connectivity index is 2.63. The van der Waals surface area contributed by atoms with E-state index in [4.69, 9.17) is 5.73 Å². The van der Waals surface area contributed by atoms with E-state index < -0.39 is 5.97 Å². The molecule has 0 aliphatic rings. The number of hydrogen-bond donors (Lipinski definition) is 1. The van der Waals surface area contributed by atoms with Crippen molar-refractivity contribution in [3.8, 4) is 0 Å². The van der Waals surface area contributed by atoms with Gasteiger partial charge in [0.05, 0.1) is 6.42 Å². The maximum atomic E-state index is 10.1. The number of anilines is 1. The molecule has 0 spiro atoms. The third kappa shape index (κ3) is 2.27. The third-order valence-electron chi connectivity index (χ3n) is 1.65. The molecule has 0 unspecified atom stereocenters. The molecule has 0 atom stereocenters. The van der Waals surface area contributed by atoms with Gasteiger partial charge < -0.3 is 5.73 Å². The molecule has 1 radical (unpaired) electrons. The van der Waals surface area contributed by atoms with Crippen LogP contribution in [0.5, 0.6) is 0 Å². The molecule has 0 fully saturated rings. The van der Waals surface area contributed by atoms with Gasteiger partial charge in [0.15, 0.2) is 0 Å². The number of nitrogens with two attached hydrogens (primary N) is 1. The minimum atomic E-state index is -1.04. The van der Waals surface area contributed by atoms with Crippen LogP contribution >= 0.6 is 0 Å². The predicted molar refractivity (Wildman–Crippen MR) is 44.9 cm³/mol. The highest BCUT2D eigenvalue weighted by molar-refractivity contribution is 5.67. The average molecular weight is 164 g/mol. The van der Waals surface area contributed by atoms with Crippen LogP contribution in [0.25, 0.3) is 0 Å². The van der Waals surface area contributed by atoms with E-state index in [1.54, 1.807) is 6.07 Å². The Labute approximate surface area is 70.8 Å². The molecule has 0 bridgehead atoms. The van der Waals surface area contributed by atoms with Crippen molar-refractivity contribution < 1.29 is 9.90 Å². The van der Waals surface area contributed by atoms with Gasteiger partial charge in [0.1, 0.15) is 0 Å². The molecule has 1 rings (SSSR count). The number of benzene rings is 1. The van der Waals surface area contributed by atoms with E-state index in [2.05, 4.69) is 0 Å². The number of rotatable bonds is 3. The summed E-state index contributed by atoms with van der Waals surface area (Å²) in [6.07, 6.45) is 0.462. The van der Waals surface area contributed by atoms with E-state index in [0.29, 0.717) is 12.1 Å². The number of hydrogen-bond acceptors (Lipinski definition) is 2. The van der Waals surface area contributed by atoms with Crippen LogP contribution in [-0.2, 0) is 16.3 Å². The zero-order chi connectivity index (χ0) is 8.97. The molecule has 63 valence electrons. The summed E-state index contributed by atoms with van der Waals surface area (Å²) in [5.74, 6) is -1.04. The number of para-hydroxylation sites is 1. The molecule has 1 aromatic rings. The van der Waals surface area contributed by atoms with Crippen LogP contribution in [0.3, 0.4) is 0 Å². The van der Waals surface area contributed by atoms with Gasteiger partial charge in [-0.2, -0.15) is 0 Å². The van der Waals surface area contributed by atoms with Gasteiger partial charge in [-0.1, -0.05) is 18.2 Å². The van der Waals surface area contributed by atoms with Gasteiger partial charge in [0.25, 0.3) is 0 Å². The van der Waals surface area contributed by atoms with Gasteiger partial charge in [-0.3, -0.25) is 0 Å². The Morgan fingerprint density at radius 2 is 2.00 bits per heavy atom. The molecule has 0 aromatic heterocycles. The van der Waals surface area contributed by atoms with Crippen molar-refractivity contribution in [3.05, 3.63) is 29.8 Å². The first-order chi connectivity index (χ1) is 5.70. The maximum Gasteiger partial charge on any atom is 0.355 e. The van der Waals surface area contributed by atoms with Crippen molar-refractivity contribution >= 4 is 11.7 Å². The van der Waals surface area contributed by atoms with E-state index >= 15 is 0 Å². The van der Waals surface area contributed by atoms with Crippen LogP contribution in [0, 0.1) is 0 Å². The molecule has 0 saturated heterocycles. The summed E-state index contributed by atoms with van der Waals surface area (Å²) in [5, 5.41) is 10.1. The molecular weight excluding hydrogens is 154 g/mol. The fourth-order valence-corrected chi connectivity index (χ4v) is 0.999. The Hall–Kier alpha value is -1.51. The van der Waals surface area contributed by atoms with Crippen molar-refractivity contribution in [2.75, 3.05) is 5.73 Å². The summed E-state index contributed by atoms with van der Waals surface area (Å²) in [7, 11) is 0. The lowest BCUT2D eigenvalue weighted by Gasteiger charge is -2.01. The topological polar surface area (TPSA) is 63.0 Å². The number of carbonyl (C=O) groups excluding carboxylic acids is 1. The van der Waals surface area contributed by atoms with Gasteiger partial charge in [0, 0.05) is 5.69 Å². The second kappa shape index (κ2) is 3.76. The largest absolute Gasteiger partial charge is 0.399 e. The van der Waals surface area contributed by atoms with Crippen molar-refractivity contribution in [1.29, 1.82) is 0 Å². The normalized spacial score (nSPS) is 9.67. The summed E-state index contributed by atoms with van der Waals surface area (Å²) >= 11 is 0. The number of nitrogen functional groups attached to an aromatic ring is 1.